The maximum absolute atomic E-state index is 13.1. The van der Waals surface area contributed by atoms with E-state index in [1.165, 1.54) is 5.56 Å². The van der Waals surface area contributed by atoms with E-state index in [1.807, 2.05) is 35.2 Å². The van der Waals surface area contributed by atoms with Crippen LogP contribution in [0.15, 0.2) is 72.9 Å². The maximum atomic E-state index is 13.1. The number of hydrogen-bond acceptors (Lipinski definition) is 4. The number of carbonyl (C=O) groups excluding carboxylic acids is 1. The van der Waals surface area contributed by atoms with Gasteiger partial charge in [0.2, 0.25) is 5.91 Å². The fourth-order valence-corrected chi connectivity index (χ4v) is 4.57. The van der Waals surface area contributed by atoms with Crippen molar-refractivity contribution in [2.75, 3.05) is 38.2 Å². The van der Waals surface area contributed by atoms with E-state index in [0.717, 1.165) is 52.7 Å². The van der Waals surface area contributed by atoms with Crippen LogP contribution in [0.1, 0.15) is 16.8 Å². The number of piperazine rings is 1. The molecular weight excluding hydrogens is 436 g/mol. The standard InChI is InChI=1S/C29H30N4O2/c1-21-8-11-23(12-9-21)29-25(33-20-22(2)10-14-27(33)30-29)13-15-28(34)32-18-16-31(17-19-32)24-6-4-5-7-26(24)35-3/h4-15,20H,16-19H2,1-3H3/b15-13+. The Morgan fingerprint density at radius 2 is 1.63 bits per heavy atom. The molecular formula is C29H30N4O2. The minimum atomic E-state index is 0.0159. The van der Waals surface area contributed by atoms with Crippen LogP contribution in [0.25, 0.3) is 23.0 Å². The van der Waals surface area contributed by atoms with Crippen molar-refractivity contribution < 1.29 is 9.53 Å². The van der Waals surface area contributed by atoms with Gasteiger partial charge in [-0.1, -0.05) is 48.0 Å². The predicted octanol–water partition coefficient (Wildman–Crippen LogP) is 4.99. The van der Waals surface area contributed by atoms with Crippen molar-refractivity contribution in [3.63, 3.8) is 0 Å². The minimum Gasteiger partial charge on any atom is -0.495 e. The third kappa shape index (κ3) is 4.64. The Hall–Kier alpha value is -4.06. The number of methoxy groups -OCH3 is 1. The molecule has 0 aliphatic carbocycles. The topological polar surface area (TPSA) is 50.1 Å². The van der Waals surface area contributed by atoms with Crippen molar-refractivity contribution in [1.29, 1.82) is 0 Å². The van der Waals surface area contributed by atoms with Crippen LogP contribution < -0.4 is 9.64 Å². The molecule has 0 atom stereocenters. The molecule has 3 heterocycles. The summed E-state index contributed by atoms with van der Waals surface area (Å²) in [7, 11) is 1.69. The van der Waals surface area contributed by atoms with Gasteiger partial charge in [0, 0.05) is 44.0 Å². The van der Waals surface area contributed by atoms with E-state index in [9.17, 15) is 4.79 Å². The van der Waals surface area contributed by atoms with Crippen molar-refractivity contribution in [2.45, 2.75) is 13.8 Å². The Morgan fingerprint density at radius 1 is 0.914 bits per heavy atom. The van der Waals surface area contributed by atoms with Gasteiger partial charge in [0.05, 0.1) is 24.2 Å². The number of hydrogen-bond donors (Lipinski definition) is 0. The molecule has 1 fully saturated rings. The van der Waals surface area contributed by atoms with E-state index >= 15 is 0 Å². The molecule has 0 unspecified atom stereocenters. The Morgan fingerprint density at radius 3 is 2.37 bits per heavy atom. The number of aromatic nitrogens is 2. The second kappa shape index (κ2) is 9.66. The van der Waals surface area contributed by atoms with Gasteiger partial charge < -0.3 is 14.5 Å². The molecule has 5 rings (SSSR count). The number of rotatable bonds is 5. The third-order valence-electron chi connectivity index (χ3n) is 6.53. The molecule has 1 aliphatic heterocycles. The number of aryl methyl sites for hydroxylation is 2. The molecule has 2 aromatic carbocycles. The van der Waals surface area contributed by atoms with Gasteiger partial charge >= 0.3 is 0 Å². The molecule has 4 aromatic rings. The monoisotopic (exact) mass is 466 g/mol. The van der Waals surface area contributed by atoms with Gasteiger partial charge in [0.15, 0.2) is 0 Å². The van der Waals surface area contributed by atoms with Crippen LogP contribution in [0, 0.1) is 13.8 Å². The number of carbonyl (C=O) groups is 1. The summed E-state index contributed by atoms with van der Waals surface area (Å²) in [6.07, 6.45) is 5.65. The van der Waals surface area contributed by atoms with Crippen LogP contribution in [0.3, 0.4) is 0 Å². The molecule has 0 saturated carbocycles. The highest BCUT2D eigenvalue weighted by Crippen LogP contribution is 2.29. The average molecular weight is 467 g/mol. The van der Waals surface area contributed by atoms with Crippen molar-refractivity contribution >= 4 is 23.3 Å². The number of pyridine rings is 1. The lowest BCUT2D eigenvalue weighted by Crippen LogP contribution is -2.48. The highest BCUT2D eigenvalue weighted by molar-refractivity contribution is 5.93. The number of benzene rings is 2. The minimum absolute atomic E-state index is 0.0159. The zero-order chi connectivity index (χ0) is 24.4. The van der Waals surface area contributed by atoms with Gasteiger partial charge in [-0.3, -0.25) is 9.20 Å². The van der Waals surface area contributed by atoms with Crippen molar-refractivity contribution in [3.8, 4) is 17.0 Å². The largest absolute Gasteiger partial charge is 0.495 e. The number of amides is 1. The summed E-state index contributed by atoms with van der Waals surface area (Å²) in [5.74, 6) is 0.876. The van der Waals surface area contributed by atoms with Crippen LogP contribution in [0.2, 0.25) is 0 Å². The number of nitrogens with zero attached hydrogens (tertiary/aromatic N) is 4. The molecule has 2 aromatic heterocycles. The maximum Gasteiger partial charge on any atom is 0.246 e. The summed E-state index contributed by atoms with van der Waals surface area (Å²) < 4.78 is 7.57. The Balaban J connectivity index is 1.37. The quantitative estimate of drug-likeness (QED) is 0.389. The molecule has 0 N–H and O–H groups in total. The first-order chi connectivity index (χ1) is 17.0. The molecule has 1 saturated heterocycles. The van der Waals surface area contributed by atoms with Crippen molar-refractivity contribution in [3.05, 3.63) is 89.8 Å². The van der Waals surface area contributed by atoms with Gasteiger partial charge in [-0.05, 0) is 43.7 Å². The highest BCUT2D eigenvalue weighted by atomic mass is 16.5. The zero-order valence-corrected chi connectivity index (χ0v) is 20.4. The van der Waals surface area contributed by atoms with Crippen molar-refractivity contribution in [1.82, 2.24) is 14.3 Å². The molecule has 1 amide bonds. The lowest BCUT2D eigenvalue weighted by molar-refractivity contribution is -0.126. The summed E-state index contributed by atoms with van der Waals surface area (Å²) >= 11 is 0. The summed E-state index contributed by atoms with van der Waals surface area (Å²) in [5, 5.41) is 0. The number of fused-ring (bicyclic) bond motifs is 1. The molecule has 6 nitrogen and oxygen atoms in total. The summed E-state index contributed by atoms with van der Waals surface area (Å²) in [5.41, 5.74) is 7.10. The summed E-state index contributed by atoms with van der Waals surface area (Å²) in [4.78, 5) is 22.2. The SMILES string of the molecule is COc1ccccc1N1CCN(C(=O)/C=C/c2c(-c3ccc(C)cc3)nc3ccc(C)cn23)CC1. The molecule has 0 radical (unpaired) electrons. The van der Waals surface area contributed by atoms with E-state index in [4.69, 9.17) is 9.72 Å². The van der Waals surface area contributed by atoms with Crippen LogP contribution in [-0.4, -0.2) is 53.5 Å². The van der Waals surface area contributed by atoms with E-state index < -0.39 is 0 Å². The van der Waals surface area contributed by atoms with Gasteiger partial charge in [0.1, 0.15) is 11.4 Å². The van der Waals surface area contributed by atoms with E-state index in [1.54, 1.807) is 13.2 Å². The third-order valence-corrected chi connectivity index (χ3v) is 6.53. The van der Waals surface area contributed by atoms with Crippen LogP contribution in [0.5, 0.6) is 5.75 Å². The van der Waals surface area contributed by atoms with E-state index in [2.05, 4.69) is 65.7 Å². The first-order valence-corrected chi connectivity index (χ1v) is 11.9. The lowest BCUT2D eigenvalue weighted by Gasteiger charge is -2.36. The lowest BCUT2D eigenvalue weighted by atomic mass is 10.1. The van der Waals surface area contributed by atoms with Gasteiger partial charge in [-0.25, -0.2) is 4.98 Å². The zero-order valence-electron chi connectivity index (χ0n) is 20.4. The van der Waals surface area contributed by atoms with Crippen LogP contribution >= 0.6 is 0 Å². The molecule has 0 bridgehead atoms. The fraction of sp³-hybridized carbons (Fsp3) is 0.241. The molecule has 6 heteroatoms. The first-order valence-electron chi connectivity index (χ1n) is 11.9. The van der Waals surface area contributed by atoms with E-state index in [-0.39, 0.29) is 5.91 Å². The van der Waals surface area contributed by atoms with Crippen LogP contribution in [-0.2, 0) is 4.79 Å². The normalized spacial score (nSPS) is 14.1. The fourth-order valence-electron chi connectivity index (χ4n) is 4.57. The molecule has 178 valence electrons. The average Bonchev–Trinajstić information content (AvgIpc) is 3.25. The van der Waals surface area contributed by atoms with Crippen LogP contribution in [0.4, 0.5) is 5.69 Å². The van der Waals surface area contributed by atoms with Gasteiger partial charge in [0.25, 0.3) is 0 Å². The van der Waals surface area contributed by atoms with Crippen molar-refractivity contribution in [2.24, 2.45) is 0 Å². The Labute approximate surface area is 206 Å². The van der Waals surface area contributed by atoms with Gasteiger partial charge in [-0.2, -0.15) is 0 Å². The number of imidazole rings is 1. The smallest absolute Gasteiger partial charge is 0.246 e. The van der Waals surface area contributed by atoms with E-state index in [0.29, 0.717) is 13.1 Å². The first kappa shape index (κ1) is 22.7. The number of anilines is 1. The molecule has 0 spiro atoms. The molecule has 35 heavy (non-hydrogen) atoms. The predicted molar refractivity (Wildman–Crippen MR) is 141 cm³/mol. The number of para-hydroxylation sites is 2. The second-order valence-corrected chi connectivity index (χ2v) is 8.96. The van der Waals surface area contributed by atoms with Gasteiger partial charge in [-0.15, -0.1) is 0 Å². The summed E-state index contributed by atoms with van der Waals surface area (Å²) in [6.45, 7) is 7.00. The molecule has 1 aliphatic rings. The Bertz CT molecular complexity index is 1380. The Kier molecular flexibility index (Phi) is 6.27. The second-order valence-electron chi connectivity index (χ2n) is 8.96. The number of ether oxygens (including phenoxy) is 1. The highest BCUT2D eigenvalue weighted by Gasteiger charge is 2.22. The summed E-state index contributed by atoms with van der Waals surface area (Å²) in [6, 6.07) is 20.4.